The number of hydrogen-bond acceptors (Lipinski definition) is 2. The SMILES string of the molecule is CN=C(NCc1cccc(OCC(C)C)c1)NC(C)(C)C.I. The Labute approximate surface area is 152 Å². The molecule has 1 aromatic carbocycles. The van der Waals surface area contributed by atoms with Gasteiger partial charge in [-0.05, 0) is 44.4 Å². The Morgan fingerprint density at radius 1 is 1.27 bits per heavy atom. The van der Waals surface area contributed by atoms with E-state index in [1.54, 1.807) is 7.05 Å². The first-order chi connectivity index (χ1) is 9.80. The Bertz CT molecular complexity index is 467. The molecule has 4 nitrogen and oxygen atoms in total. The first kappa shape index (κ1) is 21.0. The van der Waals surface area contributed by atoms with Crippen molar-refractivity contribution in [3.8, 4) is 5.75 Å². The summed E-state index contributed by atoms with van der Waals surface area (Å²) in [4.78, 5) is 4.23. The lowest BCUT2D eigenvalue weighted by atomic mass is 10.1. The summed E-state index contributed by atoms with van der Waals surface area (Å²) in [5, 5.41) is 6.66. The molecule has 2 N–H and O–H groups in total. The van der Waals surface area contributed by atoms with Gasteiger partial charge in [0.1, 0.15) is 5.75 Å². The zero-order valence-electron chi connectivity index (χ0n) is 14.6. The van der Waals surface area contributed by atoms with Gasteiger partial charge in [-0.15, -0.1) is 24.0 Å². The van der Waals surface area contributed by atoms with Crippen molar-refractivity contribution in [2.24, 2.45) is 10.9 Å². The molecular weight excluding hydrogens is 389 g/mol. The number of halogens is 1. The van der Waals surface area contributed by atoms with Gasteiger partial charge in [0.25, 0.3) is 0 Å². The molecule has 0 saturated heterocycles. The van der Waals surface area contributed by atoms with E-state index in [9.17, 15) is 0 Å². The summed E-state index contributed by atoms with van der Waals surface area (Å²) in [5.41, 5.74) is 1.16. The summed E-state index contributed by atoms with van der Waals surface area (Å²) in [6.45, 7) is 12.1. The minimum absolute atomic E-state index is 0. The normalized spacial score (nSPS) is 11.9. The Hall–Kier alpha value is -0.980. The summed E-state index contributed by atoms with van der Waals surface area (Å²) >= 11 is 0. The number of aliphatic imine (C=N–C) groups is 1. The minimum Gasteiger partial charge on any atom is -0.493 e. The molecule has 1 aromatic rings. The molecule has 5 heteroatoms. The highest BCUT2D eigenvalue weighted by atomic mass is 127. The molecule has 0 aliphatic heterocycles. The second-order valence-electron chi connectivity index (χ2n) is 6.65. The van der Waals surface area contributed by atoms with Crippen LogP contribution in [0.1, 0.15) is 40.2 Å². The van der Waals surface area contributed by atoms with Crippen LogP contribution in [0.15, 0.2) is 29.3 Å². The lowest BCUT2D eigenvalue weighted by Crippen LogP contribution is -2.47. The van der Waals surface area contributed by atoms with Crippen molar-refractivity contribution >= 4 is 29.9 Å². The van der Waals surface area contributed by atoms with Gasteiger partial charge in [-0.2, -0.15) is 0 Å². The number of benzene rings is 1. The molecule has 0 bridgehead atoms. The van der Waals surface area contributed by atoms with E-state index in [2.05, 4.69) is 62.4 Å². The first-order valence-corrected chi connectivity index (χ1v) is 7.51. The molecule has 22 heavy (non-hydrogen) atoms. The third kappa shape index (κ3) is 9.12. The van der Waals surface area contributed by atoms with Gasteiger partial charge >= 0.3 is 0 Å². The van der Waals surface area contributed by atoms with E-state index in [-0.39, 0.29) is 29.5 Å². The molecular formula is C17H30IN3O. The van der Waals surface area contributed by atoms with E-state index in [0.717, 1.165) is 18.3 Å². The summed E-state index contributed by atoms with van der Waals surface area (Å²) in [6, 6.07) is 8.17. The number of nitrogens with zero attached hydrogens (tertiary/aromatic N) is 1. The molecule has 126 valence electrons. The van der Waals surface area contributed by atoms with E-state index < -0.39 is 0 Å². The summed E-state index contributed by atoms with van der Waals surface area (Å²) < 4.78 is 5.75. The van der Waals surface area contributed by atoms with Gasteiger partial charge in [0, 0.05) is 19.1 Å². The first-order valence-electron chi connectivity index (χ1n) is 7.51. The summed E-state index contributed by atoms with van der Waals surface area (Å²) in [7, 11) is 1.78. The molecule has 0 aromatic heterocycles. The molecule has 0 saturated carbocycles. The fraction of sp³-hybridized carbons (Fsp3) is 0.588. The number of ether oxygens (including phenoxy) is 1. The highest BCUT2D eigenvalue weighted by molar-refractivity contribution is 14.0. The second kappa shape index (κ2) is 9.92. The van der Waals surface area contributed by atoms with Gasteiger partial charge < -0.3 is 15.4 Å². The fourth-order valence-corrected chi connectivity index (χ4v) is 1.73. The summed E-state index contributed by atoms with van der Waals surface area (Å²) in [6.07, 6.45) is 0. The Morgan fingerprint density at radius 3 is 2.50 bits per heavy atom. The second-order valence-corrected chi connectivity index (χ2v) is 6.65. The molecule has 0 spiro atoms. The van der Waals surface area contributed by atoms with E-state index in [1.807, 2.05) is 12.1 Å². The van der Waals surface area contributed by atoms with Crippen LogP contribution in [0, 0.1) is 5.92 Å². The largest absolute Gasteiger partial charge is 0.493 e. The molecule has 0 amide bonds. The lowest BCUT2D eigenvalue weighted by Gasteiger charge is -2.23. The molecule has 0 unspecified atom stereocenters. The van der Waals surface area contributed by atoms with Crippen molar-refractivity contribution in [1.29, 1.82) is 0 Å². The third-order valence-electron chi connectivity index (χ3n) is 2.66. The van der Waals surface area contributed by atoms with Crippen LogP contribution < -0.4 is 15.4 Å². The monoisotopic (exact) mass is 419 g/mol. The minimum atomic E-state index is -0.00985. The van der Waals surface area contributed by atoms with Crippen molar-refractivity contribution in [1.82, 2.24) is 10.6 Å². The number of rotatable bonds is 5. The van der Waals surface area contributed by atoms with Crippen LogP contribution in [0.2, 0.25) is 0 Å². The zero-order valence-corrected chi connectivity index (χ0v) is 16.9. The van der Waals surface area contributed by atoms with Crippen LogP contribution in [0.4, 0.5) is 0 Å². The van der Waals surface area contributed by atoms with Gasteiger partial charge in [-0.3, -0.25) is 4.99 Å². The van der Waals surface area contributed by atoms with Crippen LogP contribution in [0.5, 0.6) is 5.75 Å². The van der Waals surface area contributed by atoms with Gasteiger partial charge in [0.15, 0.2) is 5.96 Å². The molecule has 0 fully saturated rings. The highest BCUT2D eigenvalue weighted by Crippen LogP contribution is 2.14. The smallest absolute Gasteiger partial charge is 0.191 e. The van der Waals surface area contributed by atoms with Crippen molar-refractivity contribution in [3.05, 3.63) is 29.8 Å². The Balaban J connectivity index is 0.00000441. The Kier molecular flexibility index (Phi) is 9.48. The van der Waals surface area contributed by atoms with E-state index in [4.69, 9.17) is 4.74 Å². The Morgan fingerprint density at radius 2 is 1.95 bits per heavy atom. The van der Waals surface area contributed by atoms with Crippen LogP contribution in [0.25, 0.3) is 0 Å². The number of hydrogen-bond donors (Lipinski definition) is 2. The predicted octanol–water partition coefficient (Wildman–Crippen LogP) is 3.80. The molecule has 0 radical (unpaired) electrons. The number of nitrogens with one attached hydrogen (secondary N) is 2. The maximum atomic E-state index is 5.75. The zero-order chi connectivity index (χ0) is 15.9. The van der Waals surface area contributed by atoms with Crippen molar-refractivity contribution in [2.75, 3.05) is 13.7 Å². The van der Waals surface area contributed by atoms with Gasteiger partial charge in [0.2, 0.25) is 0 Å². The van der Waals surface area contributed by atoms with Gasteiger partial charge in [-0.1, -0.05) is 26.0 Å². The van der Waals surface area contributed by atoms with Crippen LogP contribution in [-0.2, 0) is 6.54 Å². The van der Waals surface area contributed by atoms with E-state index in [0.29, 0.717) is 12.5 Å². The molecule has 0 atom stereocenters. The summed E-state index contributed by atoms with van der Waals surface area (Å²) in [5.74, 6) is 2.25. The molecule has 1 rings (SSSR count). The number of guanidine groups is 1. The predicted molar refractivity (Wildman–Crippen MR) is 105 cm³/mol. The van der Waals surface area contributed by atoms with E-state index >= 15 is 0 Å². The topological polar surface area (TPSA) is 45.7 Å². The van der Waals surface area contributed by atoms with Gasteiger partial charge in [0.05, 0.1) is 6.61 Å². The average molecular weight is 419 g/mol. The molecule has 0 aliphatic carbocycles. The maximum Gasteiger partial charge on any atom is 0.191 e. The average Bonchev–Trinajstić information content (AvgIpc) is 2.40. The quantitative estimate of drug-likeness (QED) is 0.434. The van der Waals surface area contributed by atoms with Gasteiger partial charge in [-0.25, -0.2) is 0 Å². The van der Waals surface area contributed by atoms with Crippen molar-refractivity contribution < 1.29 is 4.74 Å². The van der Waals surface area contributed by atoms with E-state index in [1.165, 1.54) is 5.56 Å². The van der Waals surface area contributed by atoms with Crippen LogP contribution >= 0.6 is 24.0 Å². The van der Waals surface area contributed by atoms with Crippen molar-refractivity contribution in [3.63, 3.8) is 0 Å². The maximum absolute atomic E-state index is 5.75. The van der Waals surface area contributed by atoms with Crippen LogP contribution in [-0.4, -0.2) is 25.2 Å². The standard InChI is InChI=1S/C17H29N3O.HI/c1-13(2)12-21-15-9-7-8-14(10-15)11-19-16(18-6)20-17(3,4)5;/h7-10,13H,11-12H2,1-6H3,(H2,18,19,20);1H. The van der Waals surface area contributed by atoms with Crippen LogP contribution in [0.3, 0.4) is 0 Å². The van der Waals surface area contributed by atoms with Crippen molar-refractivity contribution in [2.45, 2.75) is 46.7 Å². The highest BCUT2D eigenvalue weighted by Gasteiger charge is 2.11. The molecule has 0 heterocycles. The molecule has 0 aliphatic rings. The lowest BCUT2D eigenvalue weighted by molar-refractivity contribution is 0.271. The fourth-order valence-electron chi connectivity index (χ4n) is 1.73. The third-order valence-corrected chi connectivity index (χ3v) is 2.66.